The van der Waals surface area contributed by atoms with E-state index in [0.717, 1.165) is 12.3 Å². The van der Waals surface area contributed by atoms with Crippen molar-refractivity contribution in [2.24, 2.45) is 5.73 Å². The highest BCUT2D eigenvalue weighted by Gasteiger charge is 2.15. The molecule has 3 N–H and O–H groups in total. The van der Waals surface area contributed by atoms with Crippen LogP contribution < -0.4 is 15.8 Å². The predicted octanol–water partition coefficient (Wildman–Crippen LogP) is 3.12. The summed E-state index contributed by atoms with van der Waals surface area (Å²) in [4.78, 5) is 0. The van der Waals surface area contributed by atoms with E-state index >= 15 is 0 Å². The molecule has 1 aromatic carbocycles. The van der Waals surface area contributed by atoms with E-state index in [4.69, 9.17) is 10.5 Å². The Morgan fingerprint density at radius 2 is 1.79 bits per heavy atom. The summed E-state index contributed by atoms with van der Waals surface area (Å²) in [5.41, 5.74) is 9.93. The molecule has 0 aliphatic carbocycles. The van der Waals surface area contributed by atoms with Crippen molar-refractivity contribution in [3.05, 3.63) is 28.8 Å². The molecule has 0 amide bonds. The lowest BCUT2D eigenvalue weighted by atomic mass is 9.93. The summed E-state index contributed by atoms with van der Waals surface area (Å²) in [5.74, 6) is 1.39. The predicted molar refractivity (Wildman–Crippen MR) is 81.9 cm³/mol. The molecule has 1 unspecified atom stereocenters. The average molecular weight is 264 g/mol. The molecule has 0 heterocycles. The van der Waals surface area contributed by atoms with Gasteiger partial charge < -0.3 is 15.8 Å². The highest BCUT2D eigenvalue weighted by Crippen LogP contribution is 2.31. The van der Waals surface area contributed by atoms with Crippen LogP contribution in [-0.4, -0.2) is 19.7 Å². The first kappa shape index (κ1) is 16.0. The van der Waals surface area contributed by atoms with Crippen LogP contribution in [0.2, 0.25) is 0 Å². The zero-order valence-electron chi connectivity index (χ0n) is 13.1. The summed E-state index contributed by atoms with van der Waals surface area (Å²) < 4.78 is 5.46. The second-order valence-electron chi connectivity index (χ2n) is 5.77. The van der Waals surface area contributed by atoms with Gasteiger partial charge in [0.25, 0.3) is 0 Å². The van der Waals surface area contributed by atoms with Crippen LogP contribution in [-0.2, 0) is 0 Å². The maximum atomic E-state index is 6.30. The molecule has 0 aromatic heterocycles. The summed E-state index contributed by atoms with van der Waals surface area (Å²) in [6, 6.07) is 4.77. The number of hydrogen-bond acceptors (Lipinski definition) is 3. The number of methoxy groups -OCH3 is 1. The monoisotopic (exact) mass is 264 g/mol. The van der Waals surface area contributed by atoms with Crippen molar-refractivity contribution in [3.63, 3.8) is 0 Å². The number of nitrogens with one attached hydrogen (secondary N) is 1. The summed E-state index contributed by atoms with van der Waals surface area (Å²) in [5, 5.41) is 3.39. The number of benzene rings is 1. The van der Waals surface area contributed by atoms with Crippen molar-refractivity contribution in [2.75, 3.05) is 13.7 Å². The Bertz CT molecular complexity index is 413. The van der Waals surface area contributed by atoms with Gasteiger partial charge in [-0.2, -0.15) is 0 Å². The number of aryl methyl sites for hydroxylation is 1. The zero-order valence-corrected chi connectivity index (χ0v) is 13.1. The average Bonchev–Trinajstić information content (AvgIpc) is 2.34. The highest BCUT2D eigenvalue weighted by atomic mass is 16.5. The Kier molecular flexibility index (Phi) is 5.83. The van der Waals surface area contributed by atoms with Crippen LogP contribution in [0.4, 0.5) is 0 Å². The summed E-state index contributed by atoms with van der Waals surface area (Å²) in [6.07, 6.45) is 0. The van der Waals surface area contributed by atoms with Crippen molar-refractivity contribution >= 4 is 0 Å². The van der Waals surface area contributed by atoms with Gasteiger partial charge in [-0.25, -0.2) is 0 Å². The van der Waals surface area contributed by atoms with Gasteiger partial charge in [0.2, 0.25) is 0 Å². The normalized spacial score (nSPS) is 13.1. The smallest absolute Gasteiger partial charge is 0.122 e. The molecule has 3 nitrogen and oxygen atoms in total. The second-order valence-corrected chi connectivity index (χ2v) is 5.77. The molecule has 0 saturated carbocycles. The first-order valence-electron chi connectivity index (χ1n) is 7.04. The molecule has 0 fully saturated rings. The standard InChI is InChI=1S/C16H28N2O/c1-10(2)13-8-14(12(5)7-16(13)19-6)15(17)9-18-11(3)4/h7-8,10-11,15,18H,9,17H2,1-6H3. The van der Waals surface area contributed by atoms with Gasteiger partial charge in [0, 0.05) is 18.6 Å². The number of ether oxygens (including phenoxy) is 1. The number of hydrogen-bond donors (Lipinski definition) is 2. The molecule has 1 rings (SSSR count). The first-order chi connectivity index (χ1) is 8.86. The van der Waals surface area contributed by atoms with Gasteiger partial charge in [0.15, 0.2) is 0 Å². The molecule has 108 valence electrons. The third kappa shape index (κ3) is 4.22. The van der Waals surface area contributed by atoms with Gasteiger partial charge >= 0.3 is 0 Å². The third-order valence-corrected chi connectivity index (χ3v) is 3.39. The molecule has 1 atom stereocenters. The van der Waals surface area contributed by atoms with E-state index < -0.39 is 0 Å². The molecule has 0 radical (unpaired) electrons. The lowest BCUT2D eigenvalue weighted by Crippen LogP contribution is -2.32. The molecular weight excluding hydrogens is 236 g/mol. The Hall–Kier alpha value is -1.06. The van der Waals surface area contributed by atoms with Gasteiger partial charge in [-0.3, -0.25) is 0 Å². The highest BCUT2D eigenvalue weighted by molar-refractivity contribution is 5.45. The van der Waals surface area contributed by atoms with Crippen LogP contribution in [0, 0.1) is 6.92 Å². The lowest BCUT2D eigenvalue weighted by molar-refractivity contribution is 0.406. The summed E-state index contributed by atoms with van der Waals surface area (Å²) in [6.45, 7) is 11.5. The van der Waals surface area contributed by atoms with Crippen molar-refractivity contribution in [1.29, 1.82) is 0 Å². The second kappa shape index (κ2) is 6.92. The summed E-state index contributed by atoms with van der Waals surface area (Å²) >= 11 is 0. The van der Waals surface area contributed by atoms with Crippen molar-refractivity contribution in [3.8, 4) is 5.75 Å². The van der Waals surface area contributed by atoms with E-state index in [1.807, 2.05) is 0 Å². The van der Waals surface area contributed by atoms with Crippen LogP contribution in [0.15, 0.2) is 12.1 Å². The molecule has 0 spiro atoms. The van der Waals surface area contributed by atoms with Crippen molar-refractivity contribution in [2.45, 2.75) is 52.6 Å². The van der Waals surface area contributed by atoms with E-state index in [-0.39, 0.29) is 6.04 Å². The molecule has 1 aromatic rings. The van der Waals surface area contributed by atoms with Crippen molar-refractivity contribution in [1.82, 2.24) is 5.32 Å². The van der Waals surface area contributed by atoms with Crippen LogP contribution in [0.5, 0.6) is 5.75 Å². The van der Waals surface area contributed by atoms with Crippen LogP contribution in [0.25, 0.3) is 0 Å². The molecule has 3 heteroatoms. The lowest BCUT2D eigenvalue weighted by Gasteiger charge is -2.21. The Labute approximate surface area is 117 Å². The molecule has 0 saturated heterocycles. The van der Waals surface area contributed by atoms with E-state index in [9.17, 15) is 0 Å². The Morgan fingerprint density at radius 1 is 1.16 bits per heavy atom. The topological polar surface area (TPSA) is 47.3 Å². The minimum absolute atomic E-state index is 0.0193. The Morgan fingerprint density at radius 3 is 2.26 bits per heavy atom. The van der Waals surface area contributed by atoms with E-state index in [1.54, 1.807) is 7.11 Å². The van der Waals surface area contributed by atoms with Gasteiger partial charge in [0.05, 0.1) is 7.11 Å². The fraction of sp³-hybridized carbons (Fsp3) is 0.625. The van der Waals surface area contributed by atoms with Gasteiger partial charge in [-0.1, -0.05) is 27.7 Å². The van der Waals surface area contributed by atoms with E-state index in [0.29, 0.717) is 12.0 Å². The molecule has 0 aliphatic heterocycles. The fourth-order valence-corrected chi connectivity index (χ4v) is 2.22. The minimum Gasteiger partial charge on any atom is -0.496 e. The van der Waals surface area contributed by atoms with Crippen LogP contribution in [0.3, 0.4) is 0 Å². The third-order valence-electron chi connectivity index (χ3n) is 3.39. The maximum Gasteiger partial charge on any atom is 0.122 e. The molecule has 19 heavy (non-hydrogen) atoms. The number of nitrogens with two attached hydrogens (primary N) is 1. The molecular formula is C16H28N2O. The maximum absolute atomic E-state index is 6.30. The minimum atomic E-state index is 0.0193. The number of rotatable bonds is 6. The first-order valence-corrected chi connectivity index (χ1v) is 7.04. The van der Waals surface area contributed by atoms with Crippen LogP contribution in [0.1, 0.15) is 56.3 Å². The molecule has 0 aliphatic rings. The summed E-state index contributed by atoms with van der Waals surface area (Å²) in [7, 11) is 1.72. The van der Waals surface area contributed by atoms with E-state index in [1.165, 1.54) is 16.7 Å². The Balaban J connectivity index is 3.03. The van der Waals surface area contributed by atoms with Crippen molar-refractivity contribution < 1.29 is 4.74 Å². The quantitative estimate of drug-likeness (QED) is 0.830. The van der Waals surface area contributed by atoms with Gasteiger partial charge in [-0.05, 0) is 41.7 Å². The fourth-order valence-electron chi connectivity index (χ4n) is 2.22. The van der Waals surface area contributed by atoms with Gasteiger partial charge in [-0.15, -0.1) is 0 Å². The van der Waals surface area contributed by atoms with Gasteiger partial charge in [0.1, 0.15) is 5.75 Å². The zero-order chi connectivity index (χ0) is 14.6. The molecule has 0 bridgehead atoms. The SMILES string of the molecule is COc1cc(C)c(C(N)CNC(C)C)cc1C(C)C. The van der Waals surface area contributed by atoms with Crippen LogP contribution >= 0.6 is 0 Å². The largest absolute Gasteiger partial charge is 0.496 e. The van der Waals surface area contributed by atoms with E-state index in [2.05, 4.69) is 52.1 Å².